The predicted molar refractivity (Wildman–Crippen MR) is 194 cm³/mol. The number of nitrogens with one attached hydrogen (secondary N) is 1. The quantitative estimate of drug-likeness (QED) is 0.0295. The fraction of sp³-hybridized carbons (Fsp3) is 0.757. The van der Waals surface area contributed by atoms with E-state index in [-0.39, 0.29) is 25.5 Å². The van der Waals surface area contributed by atoms with E-state index in [0.29, 0.717) is 23.9 Å². The van der Waals surface area contributed by atoms with Crippen LogP contribution in [0.4, 0.5) is 0 Å². The zero-order valence-electron chi connectivity index (χ0n) is 30.0. The van der Waals surface area contributed by atoms with Gasteiger partial charge in [-0.05, 0) is 38.5 Å². The first-order valence-electron chi connectivity index (χ1n) is 18.0. The third-order valence-electron chi connectivity index (χ3n) is 7.60. The fourth-order valence-corrected chi connectivity index (χ4v) is 5.44. The van der Waals surface area contributed by atoms with E-state index in [1.807, 2.05) is 33.3 Å². The second-order valence-electron chi connectivity index (χ2n) is 13.2. The molecule has 46 heavy (non-hydrogen) atoms. The second-order valence-corrected chi connectivity index (χ2v) is 14.7. The number of aliphatic hydroxyl groups excluding tert-OH is 1. The standard InChI is InChI=1S/C37H69N2O6P/c1-6-8-10-12-14-16-18-19-21-23-25-27-29-31-37(41)38-35(34-45-46(42,43)44-33-32-39(3,4)5)36(40)30-28-26-24-22-20-17-15-13-11-9-7-2/h8,10,14,16,19,21,25,27,35-36,40H,6-7,9,11-13,15,17-18,20,22-24,26,28-34H2,1-5H3,(H-,38,41,42,43)/p+1/b10-8-,16-14-,21-19-,27-25-. The number of likely N-dealkylation sites (N-methyl/N-ethyl adjacent to an activating group) is 1. The van der Waals surface area contributed by atoms with Gasteiger partial charge in [-0.15, -0.1) is 0 Å². The number of phosphoric acid groups is 1. The van der Waals surface area contributed by atoms with Crippen molar-refractivity contribution in [2.75, 3.05) is 40.9 Å². The molecular weight excluding hydrogens is 599 g/mol. The number of rotatable bonds is 31. The Morgan fingerprint density at radius 1 is 0.761 bits per heavy atom. The number of allylic oxidation sites excluding steroid dienone is 8. The van der Waals surface area contributed by atoms with Crippen molar-refractivity contribution in [1.82, 2.24) is 5.32 Å². The van der Waals surface area contributed by atoms with Gasteiger partial charge in [0, 0.05) is 6.42 Å². The van der Waals surface area contributed by atoms with Crippen LogP contribution in [0, 0.1) is 0 Å². The smallest absolute Gasteiger partial charge is 0.391 e. The van der Waals surface area contributed by atoms with Gasteiger partial charge in [0.1, 0.15) is 13.2 Å². The third-order valence-corrected chi connectivity index (χ3v) is 8.59. The molecule has 3 unspecified atom stereocenters. The summed E-state index contributed by atoms with van der Waals surface area (Å²) in [6.07, 6.45) is 34.4. The average molecular weight is 670 g/mol. The number of nitrogens with zero attached hydrogens (tertiary/aromatic N) is 1. The zero-order valence-corrected chi connectivity index (χ0v) is 30.9. The molecule has 3 N–H and O–H groups in total. The first-order chi connectivity index (χ1) is 22.0. The van der Waals surface area contributed by atoms with Gasteiger partial charge in [-0.2, -0.15) is 0 Å². The Labute approximate surface area is 282 Å². The monoisotopic (exact) mass is 669 g/mol. The van der Waals surface area contributed by atoms with E-state index in [1.54, 1.807) is 0 Å². The lowest BCUT2D eigenvalue weighted by Gasteiger charge is -2.26. The van der Waals surface area contributed by atoms with Crippen LogP contribution in [0.5, 0.6) is 0 Å². The molecule has 0 heterocycles. The van der Waals surface area contributed by atoms with E-state index in [1.165, 1.54) is 51.4 Å². The lowest BCUT2D eigenvalue weighted by atomic mass is 10.0. The number of carbonyl (C=O) groups is 1. The van der Waals surface area contributed by atoms with E-state index < -0.39 is 20.0 Å². The van der Waals surface area contributed by atoms with Crippen molar-refractivity contribution < 1.29 is 32.9 Å². The van der Waals surface area contributed by atoms with Crippen LogP contribution in [0.25, 0.3) is 0 Å². The van der Waals surface area contributed by atoms with Gasteiger partial charge < -0.3 is 19.8 Å². The molecule has 0 saturated heterocycles. The molecule has 0 aromatic rings. The molecule has 0 aliphatic rings. The molecule has 0 saturated carbocycles. The number of unbranched alkanes of at least 4 members (excludes halogenated alkanes) is 10. The number of aliphatic hydroxyl groups is 1. The number of quaternary nitrogens is 1. The summed E-state index contributed by atoms with van der Waals surface area (Å²) < 4.78 is 23.4. The molecule has 0 aliphatic carbocycles. The van der Waals surface area contributed by atoms with Crippen molar-refractivity contribution in [2.24, 2.45) is 0 Å². The Bertz CT molecular complexity index is 897. The molecule has 3 atom stereocenters. The van der Waals surface area contributed by atoms with Crippen molar-refractivity contribution >= 4 is 13.7 Å². The van der Waals surface area contributed by atoms with Crippen molar-refractivity contribution in [1.29, 1.82) is 0 Å². The van der Waals surface area contributed by atoms with Gasteiger partial charge in [0.05, 0.1) is 39.9 Å². The highest BCUT2D eigenvalue weighted by molar-refractivity contribution is 7.47. The van der Waals surface area contributed by atoms with E-state index in [2.05, 4.69) is 55.6 Å². The molecule has 0 aliphatic heterocycles. The average Bonchev–Trinajstić information content (AvgIpc) is 2.99. The molecule has 0 spiro atoms. The molecule has 0 rings (SSSR count). The summed E-state index contributed by atoms with van der Waals surface area (Å²) in [4.78, 5) is 22.9. The maximum absolute atomic E-state index is 12.7. The molecule has 0 aromatic carbocycles. The summed E-state index contributed by atoms with van der Waals surface area (Å²) >= 11 is 0. The lowest BCUT2D eigenvalue weighted by molar-refractivity contribution is -0.870. The number of hydrogen-bond donors (Lipinski definition) is 3. The first-order valence-corrected chi connectivity index (χ1v) is 19.5. The van der Waals surface area contributed by atoms with Crippen molar-refractivity contribution in [3.63, 3.8) is 0 Å². The number of phosphoric ester groups is 1. The van der Waals surface area contributed by atoms with Gasteiger partial charge in [-0.25, -0.2) is 4.57 Å². The molecule has 0 bridgehead atoms. The third kappa shape index (κ3) is 31.1. The Hall–Kier alpha value is -1.54. The molecular formula is C37H70N2O6P+. The molecule has 0 aromatic heterocycles. The number of amides is 1. The van der Waals surface area contributed by atoms with Crippen LogP contribution >= 0.6 is 7.82 Å². The Kier molecular flexibility index (Phi) is 28.6. The van der Waals surface area contributed by atoms with Gasteiger partial charge in [0.25, 0.3) is 0 Å². The number of hydrogen-bond acceptors (Lipinski definition) is 5. The zero-order chi connectivity index (χ0) is 34.4. The summed E-state index contributed by atoms with van der Waals surface area (Å²) in [7, 11) is 1.56. The van der Waals surface area contributed by atoms with E-state index >= 15 is 0 Å². The van der Waals surface area contributed by atoms with Crippen molar-refractivity contribution in [3.8, 4) is 0 Å². The normalized spacial score (nSPS) is 15.4. The maximum atomic E-state index is 12.7. The molecule has 0 radical (unpaired) electrons. The first kappa shape index (κ1) is 44.5. The highest BCUT2D eigenvalue weighted by Crippen LogP contribution is 2.43. The van der Waals surface area contributed by atoms with Crippen LogP contribution in [0.1, 0.15) is 129 Å². The van der Waals surface area contributed by atoms with Gasteiger partial charge in [0.15, 0.2) is 0 Å². The minimum Gasteiger partial charge on any atom is -0.391 e. The van der Waals surface area contributed by atoms with Gasteiger partial charge >= 0.3 is 7.82 Å². The van der Waals surface area contributed by atoms with Crippen LogP contribution < -0.4 is 5.32 Å². The highest BCUT2D eigenvalue weighted by atomic mass is 31.2. The minimum absolute atomic E-state index is 0.0600. The van der Waals surface area contributed by atoms with Gasteiger partial charge in [0.2, 0.25) is 5.91 Å². The fourth-order valence-electron chi connectivity index (χ4n) is 4.70. The highest BCUT2D eigenvalue weighted by Gasteiger charge is 2.28. The largest absolute Gasteiger partial charge is 0.472 e. The van der Waals surface area contributed by atoms with Gasteiger partial charge in [-0.3, -0.25) is 13.8 Å². The van der Waals surface area contributed by atoms with Crippen LogP contribution in [0.3, 0.4) is 0 Å². The SMILES string of the molecule is CC/C=C\C/C=C\C/C=C\C/C=C\CCC(=O)NC(COP(=O)(O)OCC[N+](C)(C)C)C(O)CCCCCCCCCCCCC. The van der Waals surface area contributed by atoms with Crippen LogP contribution in [0.15, 0.2) is 48.6 Å². The summed E-state index contributed by atoms with van der Waals surface area (Å²) in [6.45, 7) is 4.66. The van der Waals surface area contributed by atoms with Crippen LogP contribution in [-0.4, -0.2) is 73.4 Å². The maximum Gasteiger partial charge on any atom is 0.472 e. The van der Waals surface area contributed by atoms with E-state index in [0.717, 1.165) is 44.9 Å². The summed E-state index contributed by atoms with van der Waals surface area (Å²) in [6, 6.07) is -0.796. The second kappa shape index (κ2) is 29.6. The van der Waals surface area contributed by atoms with Crippen LogP contribution in [0.2, 0.25) is 0 Å². The van der Waals surface area contributed by atoms with Crippen molar-refractivity contribution in [2.45, 2.75) is 142 Å². The van der Waals surface area contributed by atoms with Gasteiger partial charge in [-0.1, -0.05) is 133 Å². The molecule has 0 fully saturated rings. The Morgan fingerprint density at radius 2 is 1.26 bits per heavy atom. The van der Waals surface area contributed by atoms with E-state index in [4.69, 9.17) is 9.05 Å². The Morgan fingerprint density at radius 3 is 1.78 bits per heavy atom. The van der Waals surface area contributed by atoms with Crippen LogP contribution in [-0.2, 0) is 18.4 Å². The molecule has 9 heteroatoms. The summed E-state index contributed by atoms with van der Waals surface area (Å²) in [5.41, 5.74) is 0. The molecule has 8 nitrogen and oxygen atoms in total. The lowest BCUT2D eigenvalue weighted by Crippen LogP contribution is -2.46. The molecule has 1 amide bonds. The minimum atomic E-state index is -4.32. The molecule has 268 valence electrons. The van der Waals surface area contributed by atoms with E-state index in [9.17, 15) is 19.4 Å². The summed E-state index contributed by atoms with van der Waals surface area (Å²) in [5.74, 6) is -0.229. The summed E-state index contributed by atoms with van der Waals surface area (Å²) in [5, 5.41) is 13.8. The Balaban J connectivity index is 4.65. The van der Waals surface area contributed by atoms with Crippen molar-refractivity contribution in [3.05, 3.63) is 48.6 Å². The topological polar surface area (TPSA) is 105 Å². The number of carbonyl (C=O) groups excluding carboxylic acids is 1. The predicted octanol–water partition coefficient (Wildman–Crippen LogP) is 8.96.